The topological polar surface area (TPSA) is 38.8 Å². The van der Waals surface area contributed by atoms with Gasteiger partial charge in [-0.3, -0.25) is 9.69 Å². The van der Waals surface area contributed by atoms with E-state index >= 15 is 0 Å². The number of nitrogens with zero attached hydrogens (tertiary/aromatic N) is 1. The molecule has 2 aliphatic rings. The fourth-order valence-electron chi connectivity index (χ4n) is 1.97. The standard InChI is InChI=1S/C11H9F2NO3/c12-6-3-4-7-10(9(6)13)17-11(16-7)14-5-1-2-8(14)15/h3-4,11H,1-2,5H2. The Morgan fingerprint density at radius 3 is 2.82 bits per heavy atom. The minimum absolute atomic E-state index is 0.108. The third-order valence-electron chi connectivity index (χ3n) is 2.82. The Hall–Kier alpha value is -1.85. The highest BCUT2D eigenvalue weighted by molar-refractivity contribution is 5.78. The average Bonchev–Trinajstić information content (AvgIpc) is 2.89. The van der Waals surface area contributed by atoms with Gasteiger partial charge in [0.1, 0.15) is 0 Å². The van der Waals surface area contributed by atoms with Gasteiger partial charge in [0.2, 0.25) is 17.5 Å². The molecule has 0 spiro atoms. The quantitative estimate of drug-likeness (QED) is 0.750. The molecule has 2 aliphatic heterocycles. The van der Waals surface area contributed by atoms with Crippen LogP contribution in [0.3, 0.4) is 0 Å². The minimum atomic E-state index is -1.09. The van der Waals surface area contributed by atoms with Crippen molar-refractivity contribution in [2.24, 2.45) is 0 Å². The van der Waals surface area contributed by atoms with Gasteiger partial charge in [0.15, 0.2) is 11.6 Å². The number of benzene rings is 1. The summed E-state index contributed by atoms with van der Waals surface area (Å²) in [5, 5.41) is 0. The minimum Gasteiger partial charge on any atom is -0.433 e. The first kappa shape index (κ1) is 10.3. The summed E-state index contributed by atoms with van der Waals surface area (Å²) in [5.74, 6) is -2.34. The molecule has 1 aromatic rings. The first-order valence-electron chi connectivity index (χ1n) is 5.27. The summed E-state index contributed by atoms with van der Waals surface area (Å²) in [7, 11) is 0. The number of carbonyl (C=O) groups excluding carboxylic acids is 1. The predicted octanol–water partition coefficient (Wildman–Crippen LogP) is 1.64. The Morgan fingerprint density at radius 1 is 1.29 bits per heavy atom. The molecule has 17 heavy (non-hydrogen) atoms. The van der Waals surface area contributed by atoms with Gasteiger partial charge in [-0.25, -0.2) is 4.39 Å². The molecule has 0 radical (unpaired) electrons. The van der Waals surface area contributed by atoms with Gasteiger partial charge in [-0.2, -0.15) is 4.39 Å². The predicted molar refractivity (Wildman–Crippen MR) is 52.3 cm³/mol. The first-order valence-corrected chi connectivity index (χ1v) is 5.27. The second-order valence-corrected chi connectivity index (χ2v) is 3.92. The van der Waals surface area contributed by atoms with Crippen molar-refractivity contribution < 1.29 is 23.0 Å². The normalized spacial score (nSPS) is 22.4. The Balaban J connectivity index is 1.88. The number of rotatable bonds is 1. The van der Waals surface area contributed by atoms with Crippen LogP contribution in [0.25, 0.3) is 0 Å². The first-order chi connectivity index (χ1) is 8.16. The number of amides is 1. The number of ether oxygens (including phenoxy) is 2. The zero-order chi connectivity index (χ0) is 12.0. The molecule has 0 aliphatic carbocycles. The van der Waals surface area contributed by atoms with Crippen LogP contribution in [0.4, 0.5) is 8.78 Å². The molecule has 1 atom stereocenters. The number of likely N-dealkylation sites (tertiary alicyclic amines) is 1. The van der Waals surface area contributed by atoms with Crippen LogP contribution in [-0.4, -0.2) is 23.8 Å². The van der Waals surface area contributed by atoms with Crippen molar-refractivity contribution in [2.75, 3.05) is 6.54 Å². The third kappa shape index (κ3) is 1.51. The molecule has 3 rings (SSSR count). The molecular weight excluding hydrogens is 232 g/mol. The molecule has 0 bridgehead atoms. The molecule has 6 heteroatoms. The summed E-state index contributed by atoms with van der Waals surface area (Å²) < 4.78 is 36.8. The molecule has 1 amide bonds. The Bertz CT molecular complexity index is 492. The molecule has 0 saturated carbocycles. The summed E-state index contributed by atoms with van der Waals surface area (Å²) in [6.07, 6.45) is 0.169. The lowest BCUT2D eigenvalue weighted by Gasteiger charge is -2.21. The van der Waals surface area contributed by atoms with Crippen molar-refractivity contribution in [3.05, 3.63) is 23.8 Å². The number of hydrogen-bond acceptors (Lipinski definition) is 3. The lowest BCUT2D eigenvalue weighted by atomic mass is 10.3. The summed E-state index contributed by atoms with van der Waals surface area (Å²) >= 11 is 0. The van der Waals surface area contributed by atoms with Crippen molar-refractivity contribution in [3.8, 4) is 11.5 Å². The van der Waals surface area contributed by atoms with E-state index in [1.165, 1.54) is 11.0 Å². The number of carbonyl (C=O) groups is 1. The van der Waals surface area contributed by atoms with Crippen molar-refractivity contribution in [2.45, 2.75) is 19.3 Å². The lowest BCUT2D eigenvalue weighted by molar-refractivity contribution is -0.147. The monoisotopic (exact) mass is 241 g/mol. The molecule has 1 saturated heterocycles. The highest BCUT2D eigenvalue weighted by Gasteiger charge is 2.37. The van der Waals surface area contributed by atoms with Crippen LogP contribution in [0.5, 0.6) is 11.5 Å². The van der Waals surface area contributed by atoms with E-state index < -0.39 is 18.0 Å². The van der Waals surface area contributed by atoms with Gasteiger partial charge in [-0.05, 0) is 18.6 Å². The van der Waals surface area contributed by atoms with Gasteiger partial charge in [0, 0.05) is 13.0 Å². The summed E-state index contributed by atoms with van der Waals surface area (Å²) in [6.45, 7) is 0.502. The van der Waals surface area contributed by atoms with Crippen LogP contribution in [0, 0.1) is 11.6 Å². The van der Waals surface area contributed by atoms with E-state index in [9.17, 15) is 13.6 Å². The zero-order valence-electron chi connectivity index (χ0n) is 8.78. The maximum Gasteiger partial charge on any atom is 0.329 e. The summed E-state index contributed by atoms with van der Waals surface area (Å²) in [6, 6.07) is 2.25. The van der Waals surface area contributed by atoms with Crippen LogP contribution in [0.15, 0.2) is 12.1 Å². The van der Waals surface area contributed by atoms with E-state index in [2.05, 4.69) is 0 Å². The van der Waals surface area contributed by atoms with E-state index in [1.54, 1.807) is 0 Å². The molecule has 90 valence electrons. The molecule has 1 unspecified atom stereocenters. The van der Waals surface area contributed by atoms with Gasteiger partial charge < -0.3 is 9.47 Å². The van der Waals surface area contributed by atoms with Gasteiger partial charge in [-0.15, -0.1) is 0 Å². The number of halogens is 2. The molecule has 0 N–H and O–H groups in total. The highest BCUT2D eigenvalue weighted by atomic mass is 19.2. The molecule has 2 heterocycles. The van der Waals surface area contributed by atoms with Crippen molar-refractivity contribution >= 4 is 5.91 Å². The van der Waals surface area contributed by atoms with Gasteiger partial charge in [0.25, 0.3) is 0 Å². The van der Waals surface area contributed by atoms with Crippen LogP contribution < -0.4 is 9.47 Å². The fourth-order valence-corrected chi connectivity index (χ4v) is 1.97. The zero-order valence-corrected chi connectivity index (χ0v) is 8.78. The Kier molecular flexibility index (Phi) is 2.17. The molecule has 0 aromatic heterocycles. The number of hydrogen-bond donors (Lipinski definition) is 0. The molecular formula is C11H9F2NO3. The maximum absolute atomic E-state index is 13.4. The summed E-state index contributed by atoms with van der Waals surface area (Å²) in [4.78, 5) is 12.8. The average molecular weight is 241 g/mol. The highest BCUT2D eigenvalue weighted by Crippen LogP contribution is 2.39. The molecule has 1 aromatic carbocycles. The van der Waals surface area contributed by atoms with E-state index in [-0.39, 0.29) is 17.4 Å². The second kappa shape index (κ2) is 3.58. The van der Waals surface area contributed by atoms with Crippen molar-refractivity contribution in [1.29, 1.82) is 0 Å². The Labute approximate surface area is 95.7 Å². The van der Waals surface area contributed by atoms with E-state index in [4.69, 9.17) is 9.47 Å². The lowest BCUT2D eigenvalue weighted by Crippen LogP contribution is -2.41. The maximum atomic E-state index is 13.4. The van der Waals surface area contributed by atoms with Crippen LogP contribution in [0.2, 0.25) is 0 Å². The largest absolute Gasteiger partial charge is 0.433 e. The third-order valence-corrected chi connectivity index (χ3v) is 2.82. The van der Waals surface area contributed by atoms with Crippen LogP contribution in [-0.2, 0) is 4.79 Å². The Morgan fingerprint density at radius 2 is 2.12 bits per heavy atom. The van der Waals surface area contributed by atoms with Crippen molar-refractivity contribution in [1.82, 2.24) is 4.90 Å². The summed E-state index contributed by atoms with van der Waals surface area (Å²) in [5.41, 5.74) is 0. The smallest absolute Gasteiger partial charge is 0.329 e. The SMILES string of the molecule is O=C1CCCN1C1Oc2ccc(F)c(F)c2O1. The van der Waals surface area contributed by atoms with E-state index in [1.807, 2.05) is 0 Å². The van der Waals surface area contributed by atoms with Crippen LogP contribution in [0.1, 0.15) is 12.8 Å². The van der Waals surface area contributed by atoms with E-state index in [0.29, 0.717) is 13.0 Å². The van der Waals surface area contributed by atoms with Gasteiger partial charge in [0.05, 0.1) is 0 Å². The second-order valence-electron chi connectivity index (χ2n) is 3.92. The molecule has 4 nitrogen and oxygen atoms in total. The molecule has 1 fully saturated rings. The van der Waals surface area contributed by atoms with Crippen LogP contribution >= 0.6 is 0 Å². The number of fused-ring (bicyclic) bond motifs is 1. The fraction of sp³-hybridized carbons (Fsp3) is 0.364. The van der Waals surface area contributed by atoms with Gasteiger partial charge >= 0.3 is 6.41 Å². The van der Waals surface area contributed by atoms with Crippen molar-refractivity contribution in [3.63, 3.8) is 0 Å². The van der Waals surface area contributed by atoms with Gasteiger partial charge in [-0.1, -0.05) is 0 Å². The van der Waals surface area contributed by atoms with E-state index in [0.717, 1.165) is 12.5 Å².